The third kappa shape index (κ3) is 3.39. The number of sulfonamides is 1. The summed E-state index contributed by atoms with van der Waals surface area (Å²) in [5, 5.41) is 0. The summed E-state index contributed by atoms with van der Waals surface area (Å²) in [6, 6.07) is 7.44. The van der Waals surface area contributed by atoms with Crippen molar-refractivity contribution in [1.29, 1.82) is 0 Å². The van der Waals surface area contributed by atoms with Gasteiger partial charge in [0.05, 0.1) is 5.69 Å². The zero-order valence-corrected chi connectivity index (χ0v) is 13.1. The van der Waals surface area contributed by atoms with Crippen molar-refractivity contribution in [2.75, 3.05) is 18.0 Å². The molecule has 2 fully saturated rings. The number of nitrogens with one attached hydrogen (secondary N) is 1. The number of benzene rings is 1. The molecule has 5 nitrogen and oxygen atoms in total. The molecule has 1 aliphatic heterocycles. The van der Waals surface area contributed by atoms with Gasteiger partial charge in [-0.05, 0) is 37.3 Å². The van der Waals surface area contributed by atoms with E-state index in [4.69, 9.17) is 5.73 Å². The second-order valence-corrected chi connectivity index (χ2v) is 8.05. The van der Waals surface area contributed by atoms with Crippen molar-refractivity contribution in [2.24, 2.45) is 11.7 Å². The maximum absolute atomic E-state index is 12.5. The van der Waals surface area contributed by atoms with Crippen LogP contribution in [0.2, 0.25) is 0 Å². The average Bonchev–Trinajstić information content (AvgIpc) is 3.21. The Kier molecular flexibility index (Phi) is 3.94. The molecule has 0 bridgehead atoms. The highest BCUT2D eigenvalue weighted by molar-refractivity contribution is 7.89. The minimum absolute atomic E-state index is 0.0981. The molecule has 0 radical (unpaired) electrons. The molecule has 2 atom stereocenters. The minimum atomic E-state index is -3.44. The summed E-state index contributed by atoms with van der Waals surface area (Å²) >= 11 is 0. The number of anilines is 1. The van der Waals surface area contributed by atoms with Crippen LogP contribution in [0.1, 0.15) is 26.2 Å². The molecule has 1 saturated carbocycles. The standard InChI is InChI=1S/C15H23N3O2S/c1-11-8-12(16)10-18(9-11)14-4-2-3-5-15(14)21(19,20)17-13-6-7-13/h2-5,11-13,17H,6-10,16H2,1H3. The molecular formula is C15H23N3O2S. The van der Waals surface area contributed by atoms with Gasteiger partial charge in [-0.25, -0.2) is 13.1 Å². The fourth-order valence-corrected chi connectivity index (χ4v) is 4.56. The predicted molar refractivity (Wildman–Crippen MR) is 83.8 cm³/mol. The number of hydrogen-bond donors (Lipinski definition) is 2. The fraction of sp³-hybridized carbons (Fsp3) is 0.600. The molecule has 2 aliphatic rings. The summed E-state index contributed by atoms with van der Waals surface area (Å²) in [5.74, 6) is 0.473. The van der Waals surface area contributed by atoms with Crippen molar-refractivity contribution in [3.63, 3.8) is 0 Å². The SMILES string of the molecule is CC1CC(N)CN(c2ccccc2S(=O)(=O)NC2CC2)C1. The number of hydrogen-bond acceptors (Lipinski definition) is 4. The highest BCUT2D eigenvalue weighted by Crippen LogP contribution is 2.30. The monoisotopic (exact) mass is 309 g/mol. The number of nitrogens with two attached hydrogens (primary N) is 1. The van der Waals surface area contributed by atoms with Crippen molar-refractivity contribution in [3.05, 3.63) is 24.3 Å². The van der Waals surface area contributed by atoms with Crippen LogP contribution in [-0.2, 0) is 10.0 Å². The van der Waals surface area contributed by atoms with Crippen LogP contribution in [-0.4, -0.2) is 33.6 Å². The summed E-state index contributed by atoms with van der Waals surface area (Å²) in [7, 11) is -3.44. The van der Waals surface area contributed by atoms with Gasteiger partial charge in [0.15, 0.2) is 0 Å². The lowest BCUT2D eigenvalue weighted by Gasteiger charge is -2.37. The number of para-hydroxylation sites is 1. The van der Waals surface area contributed by atoms with Crippen LogP contribution in [0.3, 0.4) is 0 Å². The molecule has 1 aliphatic carbocycles. The highest BCUT2D eigenvalue weighted by atomic mass is 32.2. The lowest BCUT2D eigenvalue weighted by Crippen LogP contribution is -2.47. The van der Waals surface area contributed by atoms with Gasteiger partial charge >= 0.3 is 0 Å². The molecule has 0 amide bonds. The predicted octanol–water partition coefficient (Wildman–Crippen LogP) is 1.30. The molecule has 0 aromatic heterocycles. The van der Waals surface area contributed by atoms with E-state index in [-0.39, 0.29) is 12.1 Å². The normalized spacial score (nSPS) is 26.9. The van der Waals surface area contributed by atoms with Crippen molar-refractivity contribution in [2.45, 2.75) is 43.2 Å². The second-order valence-electron chi connectivity index (χ2n) is 6.37. The third-order valence-electron chi connectivity index (χ3n) is 4.09. The highest BCUT2D eigenvalue weighted by Gasteiger charge is 2.31. The van der Waals surface area contributed by atoms with Gasteiger partial charge in [-0.15, -0.1) is 0 Å². The fourth-order valence-electron chi connectivity index (χ4n) is 3.03. The van der Waals surface area contributed by atoms with Gasteiger partial charge in [0.2, 0.25) is 10.0 Å². The van der Waals surface area contributed by atoms with Crippen LogP contribution >= 0.6 is 0 Å². The zero-order valence-electron chi connectivity index (χ0n) is 12.3. The summed E-state index contributed by atoms with van der Waals surface area (Å²) in [6.07, 6.45) is 2.87. The largest absolute Gasteiger partial charge is 0.369 e. The van der Waals surface area contributed by atoms with Gasteiger partial charge in [-0.1, -0.05) is 19.1 Å². The molecule has 1 aromatic carbocycles. The van der Waals surface area contributed by atoms with Gasteiger partial charge in [-0.3, -0.25) is 0 Å². The van der Waals surface area contributed by atoms with Gasteiger partial charge < -0.3 is 10.6 Å². The first kappa shape index (κ1) is 14.8. The van der Waals surface area contributed by atoms with E-state index in [0.29, 0.717) is 17.4 Å². The lowest BCUT2D eigenvalue weighted by atomic mass is 9.96. The topological polar surface area (TPSA) is 75.4 Å². The summed E-state index contributed by atoms with van der Waals surface area (Å²) in [4.78, 5) is 2.48. The van der Waals surface area contributed by atoms with E-state index in [9.17, 15) is 8.42 Å². The van der Waals surface area contributed by atoms with E-state index in [1.165, 1.54) is 0 Å². The van der Waals surface area contributed by atoms with Gasteiger partial charge in [0.25, 0.3) is 0 Å². The van der Waals surface area contributed by atoms with E-state index in [0.717, 1.165) is 31.5 Å². The molecule has 3 N–H and O–H groups in total. The molecule has 2 unspecified atom stereocenters. The van der Waals surface area contributed by atoms with Crippen molar-refractivity contribution in [1.82, 2.24) is 4.72 Å². The third-order valence-corrected chi connectivity index (χ3v) is 5.65. The first-order chi connectivity index (χ1) is 9.95. The number of piperidine rings is 1. The Bertz CT molecular complexity index is 603. The Hall–Kier alpha value is -1.11. The van der Waals surface area contributed by atoms with Crippen LogP contribution in [0.5, 0.6) is 0 Å². The van der Waals surface area contributed by atoms with Crippen LogP contribution in [0.4, 0.5) is 5.69 Å². The number of nitrogens with zero attached hydrogens (tertiary/aromatic N) is 1. The maximum Gasteiger partial charge on any atom is 0.242 e. The first-order valence-electron chi connectivity index (χ1n) is 7.57. The molecular weight excluding hydrogens is 286 g/mol. The molecule has 3 rings (SSSR count). The van der Waals surface area contributed by atoms with E-state index in [1.807, 2.05) is 12.1 Å². The molecule has 1 saturated heterocycles. The van der Waals surface area contributed by atoms with Crippen LogP contribution in [0.25, 0.3) is 0 Å². The van der Waals surface area contributed by atoms with Crippen molar-refractivity contribution < 1.29 is 8.42 Å². The van der Waals surface area contributed by atoms with Gasteiger partial charge in [0.1, 0.15) is 4.90 Å². The maximum atomic E-state index is 12.5. The van der Waals surface area contributed by atoms with E-state index in [1.54, 1.807) is 12.1 Å². The van der Waals surface area contributed by atoms with Crippen LogP contribution in [0.15, 0.2) is 29.2 Å². The smallest absolute Gasteiger partial charge is 0.242 e. The zero-order chi connectivity index (χ0) is 15.0. The molecule has 21 heavy (non-hydrogen) atoms. The van der Waals surface area contributed by atoms with Crippen molar-refractivity contribution >= 4 is 15.7 Å². The Balaban J connectivity index is 1.91. The summed E-state index contributed by atoms with van der Waals surface area (Å²) in [6.45, 7) is 3.72. The van der Waals surface area contributed by atoms with Crippen LogP contribution < -0.4 is 15.4 Å². The molecule has 6 heteroatoms. The molecule has 0 spiro atoms. The second kappa shape index (κ2) is 5.59. The molecule has 1 aromatic rings. The van der Waals surface area contributed by atoms with Crippen LogP contribution in [0, 0.1) is 5.92 Å². The quantitative estimate of drug-likeness (QED) is 0.879. The van der Waals surface area contributed by atoms with E-state index >= 15 is 0 Å². The minimum Gasteiger partial charge on any atom is -0.369 e. The summed E-state index contributed by atoms with van der Waals surface area (Å²) in [5.41, 5.74) is 6.87. The van der Waals surface area contributed by atoms with Gasteiger partial charge in [-0.2, -0.15) is 0 Å². The Labute approximate surface area is 126 Å². The first-order valence-corrected chi connectivity index (χ1v) is 9.06. The Morgan fingerprint density at radius 2 is 1.95 bits per heavy atom. The lowest BCUT2D eigenvalue weighted by molar-refractivity contribution is 0.400. The van der Waals surface area contributed by atoms with Crippen molar-refractivity contribution in [3.8, 4) is 0 Å². The summed E-state index contributed by atoms with van der Waals surface area (Å²) < 4.78 is 27.8. The average molecular weight is 309 g/mol. The van der Waals surface area contributed by atoms with E-state index < -0.39 is 10.0 Å². The molecule has 116 valence electrons. The van der Waals surface area contributed by atoms with E-state index in [2.05, 4.69) is 16.5 Å². The Morgan fingerprint density at radius 3 is 2.62 bits per heavy atom. The molecule has 1 heterocycles. The number of rotatable bonds is 4. The Morgan fingerprint density at radius 1 is 1.24 bits per heavy atom. The van der Waals surface area contributed by atoms with Gasteiger partial charge in [0, 0.05) is 25.2 Å².